The van der Waals surface area contributed by atoms with E-state index in [-0.39, 0.29) is 18.3 Å². The first-order valence-electron chi connectivity index (χ1n) is 7.41. The second-order valence-electron chi connectivity index (χ2n) is 5.34. The molecule has 0 fully saturated rings. The Morgan fingerprint density at radius 2 is 1.65 bits per heavy atom. The highest BCUT2D eigenvalue weighted by atomic mass is 35.5. The Morgan fingerprint density at radius 3 is 2.26 bits per heavy atom. The predicted octanol–water partition coefficient (Wildman–Crippen LogP) is 2.87. The molecule has 0 heterocycles. The molecule has 5 heteroatoms. The fourth-order valence-electron chi connectivity index (χ4n) is 2.08. The third kappa shape index (κ3) is 5.58. The normalized spacial score (nSPS) is 12.6. The maximum Gasteiger partial charge on any atom is 0.244 e. The van der Waals surface area contributed by atoms with Crippen molar-refractivity contribution >= 4 is 18.3 Å². The summed E-state index contributed by atoms with van der Waals surface area (Å²) in [5, 5.41) is 2.86. The molecule has 23 heavy (non-hydrogen) atoms. The molecule has 3 N–H and O–H groups in total. The summed E-state index contributed by atoms with van der Waals surface area (Å²) < 4.78 is 5.58. The van der Waals surface area contributed by atoms with Crippen LogP contribution in [0.5, 0.6) is 5.75 Å². The summed E-state index contributed by atoms with van der Waals surface area (Å²) in [4.78, 5) is 12.2. The largest absolute Gasteiger partial charge is 0.494 e. The van der Waals surface area contributed by atoms with Gasteiger partial charge in [0.05, 0.1) is 6.61 Å². The Bertz CT molecular complexity index is 588. The van der Waals surface area contributed by atoms with Crippen LogP contribution in [-0.4, -0.2) is 19.1 Å². The molecule has 0 aliphatic rings. The molecule has 0 aliphatic carbocycles. The van der Waals surface area contributed by atoms with E-state index in [0.29, 0.717) is 13.2 Å². The van der Waals surface area contributed by atoms with Crippen molar-refractivity contribution in [1.82, 2.24) is 5.32 Å². The quantitative estimate of drug-likeness (QED) is 0.765. The van der Waals surface area contributed by atoms with Gasteiger partial charge in [0.15, 0.2) is 0 Å². The highest BCUT2D eigenvalue weighted by Gasteiger charge is 2.29. The van der Waals surface area contributed by atoms with Crippen molar-refractivity contribution in [1.29, 1.82) is 0 Å². The number of amides is 1. The SMILES string of the molecule is CC(N)(C(=O)NCCCOc1ccccc1)c1ccccc1.Cl. The van der Waals surface area contributed by atoms with E-state index in [1.54, 1.807) is 6.92 Å². The molecule has 2 aromatic carbocycles. The van der Waals surface area contributed by atoms with Gasteiger partial charge in [0.2, 0.25) is 5.91 Å². The van der Waals surface area contributed by atoms with E-state index in [0.717, 1.165) is 17.7 Å². The van der Waals surface area contributed by atoms with E-state index in [1.165, 1.54) is 0 Å². The topological polar surface area (TPSA) is 64.4 Å². The first kappa shape index (κ1) is 19.0. The molecule has 0 aromatic heterocycles. The summed E-state index contributed by atoms with van der Waals surface area (Å²) in [6.45, 7) is 2.81. The molecule has 2 aromatic rings. The molecule has 124 valence electrons. The Labute approximate surface area is 143 Å². The standard InChI is InChI=1S/C18H22N2O2.ClH/c1-18(19,15-9-4-2-5-10-15)17(21)20-13-8-14-22-16-11-6-3-7-12-16;/h2-7,9-12H,8,13-14,19H2,1H3,(H,20,21);1H. The average Bonchev–Trinajstić information content (AvgIpc) is 2.56. The van der Waals surface area contributed by atoms with E-state index in [4.69, 9.17) is 10.5 Å². The van der Waals surface area contributed by atoms with Gasteiger partial charge in [-0.3, -0.25) is 4.79 Å². The summed E-state index contributed by atoms with van der Waals surface area (Å²) in [5.74, 6) is 0.653. The van der Waals surface area contributed by atoms with Gasteiger partial charge < -0.3 is 15.8 Å². The number of nitrogens with one attached hydrogen (secondary N) is 1. The molecular weight excluding hydrogens is 312 g/mol. The van der Waals surface area contributed by atoms with Crippen LogP contribution in [0.4, 0.5) is 0 Å². The molecule has 1 amide bonds. The van der Waals surface area contributed by atoms with Crippen LogP contribution in [0.1, 0.15) is 18.9 Å². The van der Waals surface area contributed by atoms with Crippen LogP contribution in [-0.2, 0) is 10.3 Å². The zero-order valence-corrected chi connectivity index (χ0v) is 14.0. The van der Waals surface area contributed by atoms with Gasteiger partial charge in [-0.1, -0.05) is 48.5 Å². The Morgan fingerprint density at radius 1 is 1.09 bits per heavy atom. The number of hydrogen-bond donors (Lipinski definition) is 2. The molecule has 0 saturated heterocycles. The van der Waals surface area contributed by atoms with Gasteiger partial charge in [0.25, 0.3) is 0 Å². The first-order chi connectivity index (χ1) is 10.6. The van der Waals surface area contributed by atoms with E-state index in [1.807, 2.05) is 60.7 Å². The van der Waals surface area contributed by atoms with Crippen LogP contribution in [0.25, 0.3) is 0 Å². The zero-order valence-electron chi connectivity index (χ0n) is 13.2. The third-order valence-electron chi connectivity index (χ3n) is 3.46. The van der Waals surface area contributed by atoms with E-state index in [9.17, 15) is 4.79 Å². The summed E-state index contributed by atoms with van der Waals surface area (Å²) in [5.41, 5.74) is 5.92. The Kier molecular flexibility index (Phi) is 7.59. The highest BCUT2D eigenvalue weighted by Crippen LogP contribution is 2.17. The molecular formula is C18H23ClN2O2. The molecule has 0 saturated carbocycles. The van der Waals surface area contributed by atoms with Crippen LogP contribution >= 0.6 is 12.4 Å². The van der Waals surface area contributed by atoms with Crippen molar-refractivity contribution in [3.05, 3.63) is 66.2 Å². The van der Waals surface area contributed by atoms with Crippen molar-refractivity contribution in [2.45, 2.75) is 18.9 Å². The van der Waals surface area contributed by atoms with Gasteiger partial charge in [0, 0.05) is 6.54 Å². The lowest BCUT2D eigenvalue weighted by molar-refractivity contribution is -0.126. The molecule has 1 atom stereocenters. The average molecular weight is 335 g/mol. The molecule has 0 aliphatic heterocycles. The number of ether oxygens (including phenoxy) is 1. The first-order valence-corrected chi connectivity index (χ1v) is 7.41. The van der Waals surface area contributed by atoms with Crippen molar-refractivity contribution in [3.63, 3.8) is 0 Å². The molecule has 4 nitrogen and oxygen atoms in total. The maximum atomic E-state index is 12.2. The van der Waals surface area contributed by atoms with Gasteiger partial charge >= 0.3 is 0 Å². The molecule has 1 unspecified atom stereocenters. The van der Waals surface area contributed by atoms with Crippen molar-refractivity contribution in [3.8, 4) is 5.75 Å². The van der Waals surface area contributed by atoms with Crippen molar-refractivity contribution in [2.24, 2.45) is 5.73 Å². The van der Waals surface area contributed by atoms with Gasteiger partial charge in [0.1, 0.15) is 11.3 Å². The van der Waals surface area contributed by atoms with Crippen LogP contribution in [0, 0.1) is 0 Å². The van der Waals surface area contributed by atoms with E-state index < -0.39 is 5.54 Å². The monoisotopic (exact) mass is 334 g/mol. The second kappa shape index (κ2) is 9.18. The summed E-state index contributed by atoms with van der Waals surface area (Å²) in [6, 6.07) is 19.0. The lowest BCUT2D eigenvalue weighted by atomic mass is 9.92. The number of benzene rings is 2. The highest BCUT2D eigenvalue weighted by molar-refractivity contribution is 5.86. The molecule has 0 bridgehead atoms. The smallest absolute Gasteiger partial charge is 0.244 e. The van der Waals surface area contributed by atoms with Crippen LogP contribution < -0.4 is 15.8 Å². The number of rotatable bonds is 7. The van der Waals surface area contributed by atoms with Crippen LogP contribution in [0.2, 0.25) is 0 Å². The lowest BCUT2D eigenvalue weighted by Gasteiger charge is -2.24. The Hall–Kier alpha value is -2.04. The molecule has 0 radical (unpaired) electrons. The third-order valence-corrected chi connectivity index (χ3v) is 3.46. The minimum absolute atomic E-state index is 0. The minimum Gasteiger partial charge on any atom is -0.494 e. The van der Waals surface area contributed by atoms with Gasteiger partial charge in [-0.25, -0.2) is 0 Å². The van der Waals surface area contributed by atoms with Gasteiger partial charge in [-0.15, -0.1) is 12.4 Å². The number of halogens is 1. The van der Waals surface area contributed by atoms with Crippen LogP contribution in [0.3, 0.4) is 0 Å². The zero-order chi connectivity index (χ0) is 15.8. The van der Waals surface area contributed by atoms with Gasteiger partial charge in [-0.05, 0) is 31.0 Å². The number of carbonyl (C=O) groups is 1. The van der Waals surface area contributed by atoms with Crippen molar-refractivity contribution < 1.29 is 9.53 Å². The molecule has 2 rings (SSSR count). The fourth-order valence-corrected chi connectivity index (χ4v) is 2.08. The number of carbonyl (C=O) groups excluding carboxylic acids is 1. The summed E-state index contributed by atoms with van der Waals surface area (Å²) >= 11 is 0. The number of hydrogen-bond acceptors (Lipinski definition) is 3. The maximum absolute atomic E-state index is 12.2. The predicted molar refractivity (Wildman–Crippen MR) is 94.8 cm³/mol. The van der Waals surface area contributed by atoms with Crippen molar-refractivity contribution in [2.75, 3.05) is 13.2 Å². The van der Waals surface area contributed by atoms with Crippen LogP contribution in [0.15, 0.2) is 60.7 Å². The lowest BCUT2D eigenvalue weighted by Crippen LogP contribution is -2.49. The number of para-hydroxylation sites is 1. The second-order valence-corrected chi connectivity index (χ2v) is 5.34. The molecule has 0 spiro atoms. The number of nitrogens with two attached hydrogens (primary N) is 1. The fraction of sp³-hybridized carbons (Fsp3) is 0.278. The van der Waals surface area contributed by atoms with E-state index >= 15 is 0 Å². The summed E-state index contributed by atoms with van der Waals surface area (Å²) in [7, 11) is 0. The Balaban J connectivity index is 0.00000264. The minimum atomic E-state index is -1.03. The van der Waals surface area contributed by atoms with Gasteiger partial charge in [-0.2, -0.15) is 0 Å². The van der Waals surface area contributed by atoms with E-state index in [2.05, 4.69) is 5.32 Å². The summed E-state index contributed by atoms with van der Waals surface area (Å²) in [6.07, 6.45) is 0.728.